The Morgan fingerprint density at radius 1 is 0.971 bits per heavy atom. The highest BCUT2D eigenvalue weighted by molar-refractivity contribution is 6.33. The number of fused-ring (bicyclic) bond motifs is 1. The molecule has 0 saturated carbocycles. The van der Waals surface area contributed by atoms with Crippen LogP contribution >= 0.6 is 11.6 Å². The first kappa shape index (κ1) is 22.6. The molecule has 1 aliphatic heterocycles. The number of piperazine rings is 1. The molecule has 0 bridgehead atoms. The molecule has 34 heavy (non-hydrogen) atoms. The lowest BCUT2D eigenvalue weighted by atomic mass is 10.0. The van der Waals surface area contributed by atoms with Crippen molar-refractivity contribution >= 4 is 34.1 Å². The zero-order chi connectivity index (χ0) is 24.0. The van der Waals surface area contributed by atoms with E-state index in [0.717, 1.165) is 59.8 Å². The summed E-state index contributed by atoms with van der Waals surface area (Å²) in [5.74, 6) is 1.34. The highest BCUT2D eigenvalue weighted by Gasteiger charge is 2.22. The molecule has 2 aromatic heterocycles. The normalized spacial score (nSPS) is 14.8. The quantitative estimate of drug-likeness (QED) is 0.447. The van der Waals surface area contributed by atoms with E-state index in [1.165, 1.54) is 12.1 Å². The summed E-state index contributed by atoms with van der Waals surface area (Å²) >= 11 is 6.57. The Morgan fingerprint density at radius 3 is 2.38 bits per heavy atom. The number of anilines is 2. The van der Waals surface area contributed by atoms with E-state index in [-0.39, 0.29) is 5.82 Å². The smallest absolute Gasteiger partial charge is 0.142 e. The van der Waals surface area contributed by atoms with E-state index in [4.69, 9.17) is 16.6 Å². The molecule has 2 aromatic carbocycles. The Kier molecular flexibility index (Phi) is 5.70. The van der Waals surface area contributed by atoms with Crippen LogP contribution in [-0.4, -0.2) is 45.8 Å². The third-order valence-electron chi connectivity index (χ3n) is 6.46. The molecule has 0 spiro atoms. The Labute approximate surface area is 203 Å². The monoisotopic (exact) mass is 479 g/mol. The van der Waals surface area contributed by atoms with Gasteiger partial charge in [-0.1, -0.05) is 17.7 Å². The second-order valence-electron chi connectivity index (χ2n) is 9.23. The molecule has 1 fully saturated rings. The molecule has 0 atom stereocenters. The molecule has 0 amide bonds. The lowest BCUT2D eigenvalue weighted by molar-refractivity contribution is 0.0782. The third-order valence-corrected chi connectivity index (χ3v) is 6.79. The largest absolute Gasteiger partial charge is 0.386 e. The molecule has 1 aliphatic rings. The first-order valence-electron chi connectivity index (χ1n) is 11.3. The predicted octanol–water partition coefficient (Wildman–Crippen LogP) is 4.98. The molecular weight excluding hydrogens is 453 g/mol. The van der Waals surface area contributed by atoms with Gasteiger partial charge in [0.15, 0.2) is 0 Å². The minimum absolute atomic E-state index is 0.288. The van der Waals surface area contributed by atoms with Crippen molar-refractivity contribution in [3.05, 3.63) is 71.1 Å². The minimum atomic E-state index is -0.899. The molecule has 5 rings (SSSR count). The first-order chi connectivity index (χ1) is 16.2. The van der Waals surface area contributed by atoms with Crippen LogP contribution < -0.4 is 9.80 Å². The van der Waals surface area contributed by atoms with E-state index in [2.05, 4.69) is 20.9 Å². The number of hydrogen-bond acceptors (Lipinski definition) is 5. The van der Waals surface area contributed by atoms with E-state index >= 15 is 0 Å². The molecule has 3 heterocycles. The van der Waals surface area contributed by atoms with Crippen LogP contribution in [0.2, 0.25) is 5.02 Å². The second kappa shape index (κ2) is 8.56. The summed E-state index contributed by atoms with van der Waals surface area (Å²) in [6.07, 6.45) is 1.75. The van der Waals surface area contributed by atoms with E-state index in [1.54, 1.807) is 26.1 Å². The van der Waals surface area contributed by atoms with E-state index in [1.807, 2.05) is 35.9 Å². The van der Waals surface area contributed by atoms with Crippen LogP contribution in [0.3, 0.4) is 0 Å². The molecule has 0 radical (unpaired) electrons. The SMILES string of the molecule is Cn1c(-c2cc(N3CCN(c4ccc(C(C)(C)O)cn4)CC3)ccc2Cl)nc2ccc(F)cc21. The van der Waals surface area contributed by atoms with E-state index in [0.29, 0.717) is 10.8 Å². The van der Waals surface area contributed by atoms with Gasteiger partial charge in [-0.15, -0.1) is 0 Å². The summed E-state index contributed by atoms with van der Waals surface area (Å²) in [4.78, 5) is 13.8. The van der Waals surface area contributed by atoms with Gasteiger partial charge in [0.1, 0.15) is 17.5 Å². The Morgan fingerprint density at radius 2 is 1.71 bits per heavy atom. The van der Waals surface area contributed by atoms with Gasteiger partial charge in [-0.25, -0.2) is 14.4 Å². The van der Waals surface area contributed by atoms with E-state index < -0.39 is 5.60 Å². The second-order valence-corrected chi connectivity index (χ2v) is 9.64. The molecular formula is C26H27ClFN5O. The van der Waals surface area contributed by atoms with Gasteiger partial charge in [0.2, 0.25) is 0 Å². The van der Waals surface area contributed by atoms with Gasteiger partial charge in [0.05, 0.1) is 21.7 Å². The van der Waals surface area contributed by atoms with Crippen LogP contribution in [0.4, 0.5) is 15.9 Å². The van der Waals surface area contributed by atoms with Crippen LogP contribution in [0.25, 0.3) is 22.4 Å². The summed E-state index contributed by atoms with van der Waals surface area (Å²) in [5.41, 5.74) is 3.26. The Bertz CT molecular complexity index is 1340. The molecule has 0 aliphatic carbocycles. The van der Waals surface area contributed by atoms with Crippen LogP contribution in [-0.2, 0) is 12.6 Å². The van der Waals surface area contributed by atoms with Crippen molar-refractivity contribution < 1.29 is 9.50 Å². The standard InChI is InChI=1S/C26H27ClFN5O/c1-26(2,34)17-4-9-24(29-16-17)33-12-10-32(11-13-33)19-6-7-21(27)20(15-19)25-30-22-8-5-18(28)14-23(22)31(25)3/h4-9,14-16,34H,10-13H2,1-3H3. The number of aliphatic hydroxyl groups is 1. The van der Waals surface area contributed by atoms with Crippen LogP contribution in [0.1, 0.15) is 19.4 Å². The zero-order valence-corrected chi connectivity index (χ0v) is 20.2. The van der Waals surface area contributed by atoms with Crippen molar-refractivity contribution in [2.75, 3.05) is 36.0 Å². The van der Waals surface area contributed by atoms with Crippen molar-refractivity contribution in [2.24, 2.45) is 7.05 Å². The first-order valence-corrected chi connectivity index (χ1v) is 11.7. The predicted molar refractivity (Wildman–Crippen MR) is 135 cm³/mol. The maximum Gasteiger partial charge on any atom is 0.142 e. The fourth-order valence-corrected chi connectivity index (χ4v) is 4.62. The number of aryl methyl sites for hydroxylation is 1. The molecule has 1 N–H and O–H groups in total. The molecule has 0 unspecified atom stereocenters. The number of benzene rings is 2. The van der Waals surface area contributed by atoms with Gasteiger partial charge in [-0.05, 0) is 56.3 Å². The number of pyridine rings is 1. The molecule has 8 heteroatoms. The molecule has 1 saturated heterocycles. The van der Waals surface area contributed by atoms with Gasteiger partial charge in [0, 0.05) is 56.2 Å². The number of nitrogens with zero attached hydrogens (tertiary/aromatic N) is 5. The van der Waals surface area contributed by atoms with Gasteiger partial charge >= 0.3 is 0 Å². The third kappa shape index (κ3) is 4.21. The highest BCUT2D eigenvalue weighted by atomic mass is 35.5. The van der Waals surface area contributed by atoms with Gasteiger partial charge in [-0.2, -0.15) is 0 Å². The number of imidazole rings is 1. The summed E-state index contributed by atoms with van der Waals surface area (Å²) in [7, 11) is 1.88. The summed E-state index contributed by atoms with van der Waals surface area (Å²) in [5, 5.41) is 10.8. The number of halogens is 2. The van der Waals surface area contributed by atoms with Gasteiger partial charge in [0.25, 0.3) is 0 Å². The summed E-state index contributed by atoms with van der Waals surface area (Å²) < 4.78 is 15.6. The van der Waals surface area contributed by atoms with E-state index in [9.17, 15) is 9.50 Å². The Balaban J connectivity index is 1.35. The fourth-order valence-electron chi connectivity index (χ4n) is 4.41. The lowest BCUT2D eigenvalue weighted by Gasteiger charge is -2.37. The maximum atomic E-state index is 13.7. The number of hydrogen-bond donors (Lipinski definition) is 1. The molecule has 176 valence electrons. The number of aromatic nitrogens is 3. The average Bonchev–Trinajstić information content (AvgIpc) is 3.14. The highest BCUT2D eigenvalue weighted by Crippen LogP contribution is 2.34. The summed E-state index contributed by atoms with van der Waals surface area (Å²) in [6.45, 7) is 6.85. The summed E-state index contributed by atoms with van der Waals surface area (Å²) in [6, 6.07) is 14.5. The van der Waals surface area contributed by atoms with Gasteiger partial charge in [-0.3, -0.25) is 0 Å². The molecule has 6 nitrogen and oxygen atoms in total. The van der Waals surface area contributed by atoms with Crippen LogP contribution in [0.5, 0.6) is 0 Å². The lowest BCUT2D eigenvalue weighted by Crippen LogP contribution is -2.46. The van der Waals surface area contributed by atoms with Crippen molar-refractivity contribution in [1.29, 1.82) is 0 Å². The van der Waals surface area contributed by atoms with Crippen molar-refractivity contribution in [3.8, 4) is 11.4 Å². The topological polar surface area (TPSA) is 57.4 Å². The van der Waals surface area contributed by atoms with Crippen LogP contribution in [0, 0.1) is 5.82 Å². The van der Waals surface area contributed by atoms with Gasteiger partial charge < -0.3 is 19.5 Å². The minimum Gasteiger partial charge on any atom is -0.386 e. The maximum absolute atomic E-state index is 13.7. The van der Waals surface area contributed by atoms with Crippen molar-refractivity contribution in [2.45, 2.75) is 19.4 Å². The van der Waals surface area contributed by atoms with Crippen molar-refractivity contribution in [1.82, 2.24) is 14.5 Å². The Hall–Kier alpha value is -3.16. The van der Waals surface area contributed by atoms with Crippen LogP contribution in [0.15, 0.2) is 54.7 Å². The number of rotatable bonds is 4. The average molecular weight is 480 g/mol. The molecule has 4 aromatic rings. The van der Waals surface area contributed by atoms with Crippen molar-refractivity contribution in [3.63, 3.8) is 0 Å². The zero-order valence-electron chi connectivity index (χ0n) is 19.5. The fraction of sp³-hybridized carbons (Fsp3) is 0.308.